The minimum absolute atomic E-state index is 0.0484. The molecule has 1 aliphatic rings. The van der Waals surface area contributed by atoms with Gasteiger partial charge >= 0.3 is 0 Å². The van der Waals surface area contributed by atoms with Crippen LogP contribution in [0, 0.1) is 0 Å². The number of methoxy groups -OCH3 is 1. The fourth-order valence-electron chi connectivity index (χ4n) is 5.05. The lowest BCUT2D eigenvalue weighted by molar-refractivity contribution is 0.0659. The number of nitrogens with one attached hydrogen (secondary N) is 1. The van der Waals surface area contributed by atoms with E-state index in [0.717, 1.165) is 54.0 Å². The van der Waals surface area contributed by atoms with Crippen LogP contribution in [-0.2, 0) is 24.3 Å². The van der Waals surface area contributed by atoms with Gasteiger partial charge in [-0.25, -0.2) is 15.0 Å². The van der Waals surface area contributed by atoms with E-state index in [4.69, 9.17) is 14.5 Å². The van der Waals surface area contributed by atoms with E-state index >= 15 is 0 Å². The first-order valence-electron chi connectivity index (χ1n) is 14.0. The number of imidazole rings is 1. The second kappa shape index (κ2) is 12.5. The molecule has 0 spiro atoms. The Balaban J connectivity index is 1.13. The summed E-state index contributed by atoms with van der Waals surface area (Å²) in [5.41, 5.74) is 5.01. The van der Waals surface area contributed by atoms with E-state index in [1.807, 2.05) is 45.9 Å². The molecule has 11 nitrogen and oxygen atoms in total. The van der Waals surface area contributed by atoms with Crippen molar-refractivity contribution in [3.63, 3.8) is 0 Å². The molecular weight excluding hydrogens is 532 g/mol. The van der Waals surface area contributed by atoms with Gasteiger partial charge in [0.25, 0.3) is 5.91 Å². The van der Waals surface area contributed by atoms with Crippen LogP contribution >= 0.6 is 0 Å². The molecule has 0 bridgehead atoms. The molecule has 6 rings (SSSR count). The Hall–Kier alpha value is -4.61. The van der Waals surface area contributed by atoms with Crippen molar-refractivity contribution in [2.75, 3.05) is 46.9 Å². The summed E-state index contributed by atoms with van der Waals surface area (Å²) in [5, 5.41) is 0.996. The molecule has 0 atom stereocenters. The van der Waals surface area contributed by atoms with Gasteiger partial charge in [-0.1, -0.05) is 6.07 Å². The minimum Gasteiger partial charge on any atom is -0.487 e. The Kier molecular flexibility index (Phi) is 8.20. The molecule has 42 heavy (non-hydrogen) atoms. The SMILES string of the molecule is COCCn1cncc1COc1ccnc(-c2ccnc(Cc3ccc4[nH]c(C(=O)N5CCN(C)CC5)cc4c3)n2)c1. The van der Waals surface area contributed by atoms with Crippen molar-refractivity contribution in [2.24, 2.45) is 0 Å². The highest BCUT2D eigenvalue weighted by molar-refractivity contribution is 5.98. The van der Waals surface area contributed by atoms with Gasteiger partial charge in [0.05, 0.1) is 36.2 Å². The lowest BCUT2D eigenvalue weighted by Crippen LogP contribution is -2.47. The number of aromatic amines is 1. The number of carbonyl (C=O) groups is 1. The first-order chi connectivity index (χ1) is 20.6. The molecule has 0 saturated carbocycles. The van der Waals surface area contributed by atoms with E-state index in [9.17, 15) is 4.79 Å². The smallest absolute Gasteiger partial charge is 0.270 e. The van der Waals surface area contributed by atoms with Crippen molar-refractivity contribution < 1.29 is 14.3 Å². The van der Waals surface area contributed by atoms with E-state index in [2.05, 4.69) is 37.9 Å². The van der Waals surface area contributed by atoms with Crippen LogP contribution < -0.4 is 4.74 Å². The zero-order valence-electron chi connectivity index (χ0n) is 23.9. The summed E-state index contributed by atoms with van der Waals surface area (Å²) in [6.45, 7) is 4.98. The third kappa shape index (κ3) is 6.32. The molecule has 1 saturated heterocycles. The quantitative estimate of drug-likeness (QED) is 0.274. The standard InChI is InChI=1S/C31H34N8O3/c1-37-9-11-38(12-10-37)31(40)29-17-23-15-22(3-4-26(23)35-29)16-30-34-8-6-27(36-30)28-18-25(5-7-33-28)42-20-24-19-32-21-39(24)13-14-41-2/h3-8,15,17-19,21,35H,9-14,16,20H2,1-2H3. The number of carbonyl (C=O) groups excluding carboxylic acids is 1. The monoisotopic (exact) mass is 566 g/mol. The van der Waals surface area contributed by atoms with Crippen LogP contribution in [0.15, 0.2) is 67.4 Å². The maximum absolute atomic E-state index is 13.0. The third-order valence-corrected chi connectivity index (χ3v) is 7.49. The van der Waals surface area contributed by atoms with Crippen LogP contribution in [0.2, 0.25) is 0 Å². The van der Waals surface area contributed by atoms with Crippen molar-refractivity contribution >= 4 is 16.8 Å². The largest absolute Gasteiger partial charge is 0.487 e. The maximum atomic E-state index is 13.0. The van der Waals surface area contributed by atoms with E-state index in [1.165, 1.54) is 0 Å². The number of amides is 1. The predicted octanol–water partition coefficient (Wildman–Crippen LogP) is 3.42. The summed E-state index contributed by atoms with van der Waals surface area (Å²) in [4.78, 5) is 38.5. The number of pyridine rings is 1. The molecule has 1 aliphatic heterocycles. The average Bonchev–Trinajstić information content (AvgIpc) is 3.66. The Morgan fingerprint density at radius 2 is 1.86 bits per heavy atom. The lowest BCUT2D eigenvalue weighted by atomic mass is 10.1. The third-order valence-electron chi connectivity index (χ3n) is 7.49. The van der Waals surface area contributed by atoms with E-state index in [-0.39, 0.29) is 5.91 Å². The van der Waals surface area contributed by atoms with E-state index < -0.39 is 0 Å². The van der Waals surface area contributed by atoms with Gasteiger partial charge in [0.1, 0.15) is 23.9 Å². The zero-order chi connectivity index (χ0) is 28.9. The van der Waals surface area contributed by atoms with Crippen LogP contribution in [0.25, 0.3) is 22.3 Å². The molecule has 0 aliphatic carbocycles. The summed E-state index contributed by atoms with van der Waals surface area (Å²) in [6.07, 6.45) is 7.60. The van der Waals surface area contributed by atoms with E-state index in [0.29, 0.717) is 49.1 Å². The summed E-state index contributed by atoms with van der Waals surface area (Å²) in [5.74, 6) is 1.43. The topological polar surface area (TPSA) is 114 Å². The molecule has 1 fully saturated rings. The summed E-state index contributed by atoms with van der Waals surface area (Å²) in [7, 11) is 3.76. The van der Waals surface area contributed by atoms with Crippen molar-refractivity contribution in [1.82, 2.24) is 39.3 Å². The van der Waals surface area contributed by atoms with Gasteiger partial charge < -0.3 is 28.8 Å². The Bertz CT molecular complexity index is 1670. The molecule has 4 aromatic heterocycles. The van der Waals surface area contributed by atoms with Crippen LogP contribution in [-0.4, -0.2) is 92.1 Å². The van der Waals surface area contributed by atoms with Crippen LogP contribution in [0.5, 0.6) is 5.75 Å². The minimum atomic E-state index is 0.0484. The second-order valence-electron chi connectivity index (χ2n) is 10.5. The summed E-state index contributed by atoms with van der Waals surface area (Å²) < 4.78 is 13.2. The maximum Gasteiger partial charge on any atom is 0.270 e. The van der Waals surface area contributed by atoms with Crippen LogP contribution in [0.4, 0.5) is 0 Å². The van der Waals surface area contributed by atoms with Crippen molar-refractivity contribution in [1.29, 1.82) is 0 Å². The number of aromatic nitrogens is 6. The highest BCUT2D eigenvalue weighted by Crippen LogP contribution is 2.23. The van der Waals surface area contributed by atoms with Gasteiger partial charge in [-0.05, 0) is 42.9 Å². The van der Waals surface area contributed by atoms with Gasteiger partial charge in [0, 0.05) is 75.6 Å². The normalized spacial score (nSPS) is 14.0. The first-order valence-corrected chi connectivity index (χ1v) is 14.0. The molecule has 0 unspecified atom stereocenters. The molecule has 5 aromatic rings. The predicted molar refractivity (Wildman–Crippen MR) is 158 cm³/mol. The fourth-order valence-corrected chi connectivity index (χ4v) is 5.05. The van der Waals surface area contributed by atoms with Crippen molar-refractivity contribution in [3.05, 3.63) is 90.2 Å². The number of likely N-dealkylation sites (N-methyl/N-ethyl adjacent to an activating group) is 1. The molecule has 0 radical (unpaired) electrons. The number of piperazine rings is 1. The van der Waals surface area contributed by atoms with Gasteiger partial charge in [-0.15, -0.1) is 0 Å². The Labute approximate surface area is 244 Å². The summed E-state index contributed by atoms with van der Waals surface area (Å²) >= 11 is 0. The number of benzene rings is 1. The Morgan fingerprint density at radius 3 is 2.71 bits per heavy atom. The van der Waals surface area contributed by atoms with Gasteiger partial charge in [-0.2, -0.15) is 0 Å². The van der Waals surface area contributed by atoms with E-state index in [1.54, 1.807) is 32.0 Å². The molecule has 1 aromatic carbocycles. The van der Waals surface area contributed by atoms with Gasteiger partial charge in [0.15, 0.2) is 0 Å². The molecule has 5 heterocycles. The second-order valence-corrected chi connectivity index (χ2v) is 10.5. The molecule has 1 amide bonds. The Morgan fingerprint density at radius 1 is 1.00 bits per heavy atom. The van der Waals surface area contributed by atoms with Crippen molar-refractivity contribution in [2.45, 2.75) is 19.6 Å². The number of H-pyrrole nitrogens is 1. The molecular formula is C31H34N8O3. The number of hydrogen-bond acceptors (Lipinski definition) is 8. The highest BCUT2D eigenvalue weighted by atomic mass is 16.5. The van der Waals surface area contributed by atoms with Gasteiger partial charge in [-0.3, -0.25) is 9.78 Å². The lowest BCUT2D eigenvalue weighted by Gasteiger charge is -2.32. The average molecular weight is 567 g/mol. The first kappa shape index (κ1) is 27.6. The number of hydrogen-bond donors (Lipinski definition) is 1. The number of nitrogens with zero attached hydrogens (tertiary/aromatic N) is 7. The molecule has 216 valence electrons. The molecule has 11 heteroatoms. The van der Waals surface area contributed by atoms with Crippen LogP contribution in [0.3, 0.4) is 0 Å². The van der Waals surface area contributed by atoms with Crippen LogP contribution in [0.1, 0.15) is 27.6 Å². The summed E-state index contributed by atoms with van der Waals surface area (Å²) in [6, 6.07) is 13.6. The molecule has 1 N–H and O–H groups in total. The van der Waals surface area contributed by atoms with Crippen molar-refractivity contribution in [3.8, 4) is 17.1 Å². The number of fused-ring (bicyclic) bond motifs is 1. The fraction of sp³-hybridized carbons (Fsp3) is 0.323. The zero-order valence-corrected chi connectivity index (χ0v) is 23.9. The highest BCUT2D eigenvalue weighted by Gasteiger charge is 2.21. The number of ether oxygens (including phenoxy) is 2. The number of rotatable bonds is 10. The van der Waals surface area contributed by atoms with Gasteiger partial charge in [0.2, 0.25) is 0 Å².